The molecular formula is C17H23ClN2O2S. The van der Waals surface area contributed by atoms with Gasteiger partial charge in [0.1, 0.15) is 5.54 Å². The third-order valence-electron chi connectivity index (χ3n) is 4.43. The Kier molecular flexibility index (Phi) is 6.39. The molecule has 1 aliphatic carbocycles. The second-order valence-electron chi connectivity index (χ2n) is 5.75. The van der Waals surface area contributed by atoms with E-state index in [1.54, 1.807) is 7.11 Å². The second-order valence-corrected chi connectivity index (χ2v) is 6.55. The number of ether oxygens (including phenoxy) is 1. The maximum Gasteiger partial charge on any atom is 0.169 e. The monoisotopic (exact) mass is 354 g/mol. The number of nitrogens with zero attached hydrogens (tertiary/aromatic N) is 1. The molecule has 0 bridgehead atoms. The number of ketones is 1. The Hall–Kier alpha value is -1.17. The number of nitrogens with one attached hydrogen (secondary N) is 1. The Morgan fingerprint density at radius 3 is 2.83 bits per heavy atom. The van der Waals surface area contributed by atoms with Gasteiger partial charge in [-0.1, -0.05) is 29.8 Å². The maximum atomic E-state index is 12.9. The third kappa shape index (κ3) is 3.67. The molecule has 23 heavy (non-hydrogen) atoms. The van der Waals surface area contributed by atoms with Crippen LogP contribution in [0.4, 0.5) is 0 Å². The highest BCUT2D eigenvalue weighted by molar-refractivity contribution is 7.80. The van der Waals surface area contributed by atoms with Gasteiger partial charge in [-0.25, -0.2) is 0 Å². The number of carbonyl (C=O) groups excluding carboxylic acids is 1. The van der Waals surface area contributed by atoms with Crippen molar-refractivity contribution in [2.45, 2.75) is 31.2 Å². The fourth-order valence-corrected chi connectivity index (χ4v) is 3.73. The summed E-state index contributed by atoms with van der Waals surface area (Å²) in [7, 11) is 3.51. The molecule has 0 heterocycles. The lowest BCUT2D eigenvalue weighted by atomic mass is 9.74. The van der Waals surface area contributed by atoms with Gasteiger partial charge >= 0.3 is 0 Å². The van der Waals surface area contributed by atoms with Crippen molar-refractivity contribution in [2.75, 3.05) is 27.3 Å². The van der Waals surface area contributed by atoms with E-state index in [1.807, 2.05) is 36.2 Å². The normalized spacial score (nSPS) is 21.1. The fourth-order valence-electron chi connectivity index (χ4n) is 3.18. The molecular weight excluding hydrogens is 332 g/mol. The molecule has 0 unspecified atom stereocenters. The lowest BCUT2D eigenvalue weighted by Gasteiger charge is -2.45. The van der Waals surface area contributed by atoms with E-state index in [1.165, 1.54) is 0 Å². The minimum absolute atomic E-state index is 0.176. The van der Waals surface area contributed by atoms with Crippen LogP contribution in [0.25, 0.3) is 0 Å². The lowest BCUT2D eigenvalue weighted by molar-refractivity contribution is -0.131. The molecule has 1 N–H and O–H groups in total. The van der Waals surface area contributed by atoms with Gasteiger partial charge in [0.25, 0.3) is 0 Å². The first kappa shape index (κ1) is 18.2. The van der Waals surface area contributed by atoms with Crippen LogP contribution in [0.2, 0.25) is 5.02 Å². The van der Waals surface area contributed by atoms with Crippen LogP contribution in [0.3, 0.4) is 0 Å². The highest BCUT2D eigenvalue weighted by Crippen LogP contribution is 2.42. The molecule has 6 heteroatoms. The summed E-state index contributed by atoms with van der Waals surface area (Å²) in [6.45, 7) is 1.16. The number of likely N-dealkylation sites (N-methyl/N-ethyl adjacent to an activating group) is 1. The summed E-state index contributed by atoms with van der Waals surface area (Å²) in [5.74, 6) is 0.176. The minimum Gasteiger partial charge on any atom is -0.383 e. The summed E-state index contributed by atoms with van der Waals surface area (Å²) in [5.41, 5.74) is 0.0538. The predicted molar refractivity (Wildman–Crippen MR) is 96.8 cm³/mol. The lowest BCUT2D eigenvalue weighted by Crippen LogP contribution is -2.57. The first-order valence-electron chi connectivity index (χ1n) is 7.83. The van der Waals surface area contributed by atoms with Crippen LogP contribution in [0.1, 0.15) is 31.2 Å². The number of rotatable bonds is 5. The number of benzene rings is 1. The third-order valence-corrected chi connectivity index (χ3v) is 5.18. The SMILES string of the molecule is COCCNC(=S)N(C)[C@@]1(c2ccccc2Cl)CCCCC1=O. The van der Waals surface area contributed by atoms with Crippen molar-refractivity contribution < 1.29 is 9.53 Å². The second kappa shape index (κ2) is 8.08. The van der Waals surface area contributed by atoms with Crippen LogP contribution in [0, 0.1) is 0 Å². The first-order valence-corrected chi connectivity index (χ1v) is 8.61. The molecule has 0 spiro atoms. The van der Waals surface area contributed by atoms with Gasteiger partial charge < -0.3 is 15.0 Å². The molecule has 0 aliphatic heterocycles. The van der Waals surface area contributed by atoms with Gasteiger partial charge in [-0.2, -0.15) is 0 Å². The molecule has 1 saturated carbocycles. The van der Waals surface area contributed by atoms with Crippen molar-refractivity contribution in [3.63, 3.8) is 0 Å². The quantitative estimate of drug-likeness (QED) is 0.650. The highest BCUT2D eigenvalue weighted by atomic mass is 35.5. The van der Waals surface area contributed by atoms with E-state index in [0.29, 0.717) is 29.7 Å². The van der Waals surface area contributed by atoms with Crippen molar-refractivity contribution in [3.8, 4) is 0 Å². The summed E-state index contributed by atoms with van der Waals surface area (Å²) < 4.78 is 5.04. The molecule has 0 amide bonds. The number of carbonyl (C=O) groups is 1. The van der Waals surface area contributed by atoms with Crippen LogP contribution in [-0.4, -0.2) is 43.1 Å². The molecule has 0 aromatic heterocycles. The van der Waals surface area contributed by atoms with E-state index in [4.69, 9.17) is 28.6 Å². The van der Waals surface area contributed by atoms with Crippen molar-refractivity contribution in [3.05, 3.63) is 34.9 Å². The number of hydrogen-bond acceptors (Lipinski definition) is 3. The van der Waals surface area contributed by atoms with Gasteiger partial charge in [-0.15, -0.1) is 0 Å². The molecule has 1 aromatic rings. The molecule has 1 fully saturated rings. The van der Waals surface area contributed by atoms with Gasteiger partial charge in [-0.05, 0) is 37.5 Å². The molecule has 126 valence electrons. The molecule has 0 radical (unpaired) electrons. The summed E-state index contributed by atoms with van der Waals surface area (Å²) in [5, 5.41) is 4.30. The Morgan fingerprint density at radius 2 is 2.17 bits per heavy atom. The zero-order chi connectivity index (χ0) is 16.9. The summed E-state index contributed by atoms with van der Waals surface area (Å²) in [4.78, 5) is 14.8. The summed E-state index contributed by atoms with van der Waals surface area (Å²) >= 11 is 11.9. The average Bonchev–Trinajstić information content (AvgIpc) is 2.56. The van der Waals surface area contributed by atoms with Crippen LogP contribution in [0.5, 0.6) is 0 Å². The number of hydrogen-bond donors (Lipinski definition) is 1. The summed E-state index contributed by atoms with van der Waals surface area (Å²) in [6, 6.07) is 7.55. The van der Waals surface area contributed by atoms with Crippen LogP contribution in [-0.2, 0) is 15.1 Å². The smallest absolute Gasteiger partial charge is 0.169 e. The molecule has 1 aliphatic rings. The van der Waals surface area contributed by atoms with E-state index < -0.39 is 5.54 Å². The Balaban J connectivity index is 2.36. The van der Waals surface area contributed by atoms with Crippen molar-refractivity contribution in [2.24, 2.45) is 0 Å². The van der Waals surface area contributed by atoms with Gasteiger partial charge in [0, 0.05) is 37.7 Å². The van der Waals surface area contributed by atoms with Crippen LogP contribution >= 0.6 is 23.8 Å². The molecule has 0 saturated heterocycles. The molecule has 2 rings (SSSR count). The summed E-state index contributed by atoms with van der Waals surface area (Å²) in [6.07, 6.45) is 3.17. The maximum absolute atomic E-state index is 12.9. The Morgan fingerprint density at radius 1 is 1.43 bits per heavy atom. The van der Waals surface area contributed by atoms with Crippen molar-refractivity contribution in [1.82, 2.24) is 10.2 Å². The topological polar surface area (TPSA) is 41.6 Å². The van der Waals surface area contributed by atoms with Crippen molar-refractivity contribution in [1.29, 1.82) is 0 Å². The average molecular weight is 355 g/mol. The van der Waals surface area contributed by atoms with Crippen LogP contribution in [0.15, 0.2) is 24.3 Å². The molecule has 1 aromatic carbocycles. The number of Topliss-reactive ketones (excluding diaryl/α,β-unsaturated/α-hetero) is 1. The first-order chi connectivity index (χ1) is 11.0. The zero-order valence-electron chi connectivity index (χ0n) is 13.6. The van der Waals surface area contributed by atoms with Gasteiger partial charge in [0.05, 0.1) is 6.61 Å². The standard InChI is InChI=1S/C17H23ClN2O2S/c1-20(16(23)19-11-12-22-2)17(10-6-5-9-15(17)21)13-7-3-4-8-14(13)18/h3-4,7-8H,5-6,9-12H2,1-2H3,(H,19,23)/t17-/m1/s1. The number of halogens is 1. The van der Waals surface area contributed by atoms with E-state index >= 15 is 0 Å². The van der Waals surface area contributed by atoms with E-state index in [-0.39, 0.29) is 5.78 Å². The van der Waals surface area contributed by atoms with Gasteiger partial charge in [-0.3, -0.25) is 4.79 Å². The number of methoxy groups -OCH3 is 1. The van der Waals surface area contributed by atoms with Crippen molar-refractivity contribution >= 4 is 34.7 Å². The predicted octanol–water partition coefficient (Wildman–Crippen LogP) is 3.13. The zero-order valence-corrected chi connectivity index (χ0v) is 15.2. The molecule has 1 atom stereocenters. The van der Waals surface area contributed by atoms with E-state index in [9.17, 15) is 4.79 Å². The molecule has 4 nitrogen and oxygen atoms in total. The number of thiocarbonyl (C=S) groups is 1. The highest BCUT2D eigenvalue weighted by Gasteiger charge is 2.46. The Bertz CT molecular complexity index is 581. The van der Waals surface area contributed by atoms with Gasteiger partial charge in [0.2, 0.25) is 0 Å². The fraction of sp³-hybridized carbons (Fsp3) is 0.529. The van der Waals surface area contributed by atoms with Crippen LogP contribution < -0.4 is 5.32 Å². The Labute approximate surface area is 148 Å². The largest absolute Gasteiger partial charge is 0.383 e. The minimum atomic E-state index is -0.784. The van der Waals surface area contributed by atoms with E-state index in [2.05, 4.69) is 5.32 Å². The van der Waals surface area contributed by atoms with Gasteiger partial charge in [0.15, 0.2) is 10.9 Å². The van der Waals surface area contributed by atoms with E-state index in [0.717, 1.165) is 24.8 Å².